The normalized spacial score (nSPS) is 14.9. The highest BCUT2D eigenvalue weighted by atomic mass is 32.1. The van der Waals surface area contributed by atoms with Gasteiger partial charge in [-0.25, -0.2) is 9.97 Å². The van der Waals surface area contributed by atoms with E-state index in [0.717, 1.165) is 31.2 Å². The number of carbonyl (C=O) groups is 1. The molecule has 5 rings (SSSR count). The number of hydrogen-bond acceptors (Lipinski definition) is 10. The number of nitrogens with zero attached hydrogens (tertiary/aromatic N) is 7. The Morgan fingerprint density at radius 2 is 2.11 bits per heavy atom. The molecule has 10 nitrogen and oxygen atoms in total. The van der Waals surface area contributed by atoms with E-state index in [1.165, 1.54) is 28.7 Å². The minimum Gasteiger partial charge on any atom is -0.491 e. The van der Waals surface area contributed by atoms with E-state index in [2.05, 4.69) is 57.6 Å². The lowest BCUT2D eigenvalue weighted by molar-refractivity contribution is -0.108. The maximum absolute atomic E-state index is 10.8. The average Bonchev–Trinajstić information content (AvgIpc) is 3.68. The molecule has 0 spiro atoms. The van der Waals surface area contributed by atoms with Gasteiger partial charge in [0.2, 0.25) is 5.95 Å². The fourth-order valence-corrected chi connectivity index (χ4v) is 5.07. The van der Waals surface area contributed by atoms with Crippen molar-refractivity contribution in [3.8, 4) is 23.1 Å². The lowest BCUT2D eigenvalue weighted by Crippen LogP contribution is -2.25. The predicted octanol–water partition coefficient (Wildman–Crippen LogP) is 4.66. The molecule has 188 valence electrons. The minimum atomic E-state index is 0.148. The van der Waals surface area contributed by atoms with E-state index in [1.54, 1.807) is 18.0 Å². The van der Waals surface area contributed by atoms with Crippen molar-refractivity contribution in [2.75, 3.05) is 23.9 Å². The summed E-state index contributed by atoms with van der Waals surface area (Å²) in [5, 5.41) is 17.4. The van der Waals surface area contributed by atoms with Crippen LogP contribution in [0.3, 0.4) is 0 Å². The Hall–Kier alpha value is -4.30. The van der Waals surface area contributed by atoms with Gasteiger partial charge >= 0.3 is 0 Å². The summed E-state index contributed by atoms with van der Waals surface area (Å²) in [5.41, 5.74) is 3.77. The van der Waals surface area contributed by atoms with Gasteiger partial charge in [-0.3, -0.25) is 4.68 Å². The summed E-state index contributed by atoms with van der Waals surface area (Å²) in [4.78, 5) is 27.7. The number of aryl methyl sites for hydroxylation is 2. The maximum Gasteiger partial charge on any atom is 0.228 e. The summed E-state index contributed by atoms with van der Waals surface area (Å²) >= 11 is 1.24. The predicted molar refractivity (Wildman–Crippen MR) is 141 cm³/mol. The summed E-state index contributed by atoms with van der Waals surface area (Å²) in [6.45, 7) is 3.38. The quantitative estimate of drug-likeness (QED) is 0.318. The summed E-state index contributed by atoms with van der Waals surface area (Å²) in [6, 6.07) is 10.8. The zero-order valence-electron chi connectivity index (χ0n) is 20.6. The summed E-state index contributed by atoms with van der Waals surface area (Å²) in [5.74, 6) is 1.47. The summed E-state index contributed by atoms with van der Waals surface area (Å²) in [6.07, 6.45) is 8.34. The van der Waals surface area contributed by atoms with E-state index in [4.69, 9.17) is 14.7 Å². The highest BCUT2D eigenvalue weighted by molar-refractivity contribution is 7.16. The van der Waals surface area contributed by atoms with Crippen LogP contribution >= 0.6 is 11.3 Å². The molecule has 4 heterocycles. The SMILES string of the molecule is COc1c(Nc2ncc(C#N)s2)nc(N2CCC[C@H]2c2ccc(C)cc2)nc1-c1cnn(CCC=O)c1. The van der Waals surface area contributed by atoms with Crippen molar-refractivity contribution in [3.05, 3.63) is 58.9 Å². The van der Waals surface area contributed by atoms with Crippen molar-refractivity contribution in [2.24, 2.45) is 0 Å². The first-order valence-corrected chi connectivity index (χ1v) is 12.8. The number of aromatic nitrogens is 5. The molecule has 1 atom stereocenters. The van der Waals surface area contributed by atoms with Crippen LogP contribution in [0.4, 0.5) is 16.9 Å². The Bertz CT molecular complexity index is 1440. The maximum atomic E-state index is 10.8. The van der Waals surface area contributed by atoms with E-state index in [-0.39, 0.29) is 6.04 Å². The molecule has 1 aromatic carbocycles. The van der Waals surface area contributed by atoms with E-state index < -0.39 is 0 Å². The minimum absolute atomic E-state index is 0.148. The molecule has 0 saturated carbocycles. The van der Waals surface area contributed by atoms with Gasteiger partial charge in [-0.1, -0.05) is 41.2 Å². The van der Waals surface area contributed by atoms with Gasteiger partial charge in [0.1, 0.15) is 22.9 Å². The topological polar surface area (TPSA) is 122 Å². The number of aldehydes is 1. The third-order valence-corrected chi connectivity index (χ3v) is 7.07. The number of ether oxygens (including phenoxy) is 1. The van der Waals surface area contributed by atoms with Crippen LogP contribution in [-0.4, -0.2) is 44.7 Å². The molecule has 1 aliphatic heterocycles. The van der Waals surface area contributed by atoms with Crippen molar-refractivity contribution < 1.29 is 9.53 Å². The Kier molecular flexibility index (Phi) is 7.09. The lowest BCUT2D eigenvalue weighted by atomic mass is 10.0. The summed E-state index contributed by atoms with van der Waals surface area (Å²) < 4.78 is 7.49. The monoisotopic (exact) mass is 514 g/mol. The average molecular weight is 515 g/mol. The molecule has 0 aliphatic carbocycles. The molecule has 0 bridgehead atoms. The van der Waals surface area contributed by atoms with E-state index in [9.17, 15) is 10.1 Å². The standard InChI is InChI=1S/C26H26N8O2S/c1-17-6-8-18(9-7-17)21-5-3-11-34(21)25-30-22(19-14-29-33(16-19)10-4-12-35)23(36-2)24(31-25)32-26-28-15-20(13-27)37-26/h6-9,12,14-16,21H,3-5,10-11H2,1-2H3,(H,28,30,31,32)/t21-/m0/s1. The first kappa shape index (κ1) is 24.4. The molecule has 1 fully saturated rings. The van der Waals surface area contributed by atoms with Crippen LogP contribution < -0.4 is 15.0 Å². The fraction of sp³-hybridized carbons (Fsp3) is 0.308. The number of thiazole rings is 1. The number of benzene rings is 1. The molecular weight excluding hydrogens is 488 g/mol. The zero-order chi connectivity index (χ0) is 25.8. The van der Waals surface area contributed by atoms with Gasteiger partial charge in [0.15, 0.2) is 16.7 Å². The second-order valence-corrected chi connectivity index (χ2v) is 9.76. The number of anilines is 3. The number of carbonyl (C=O) groups excluding carboxylic acids is 1. The molecule has 0 amide bonds. The molecule has 0 radical (unpaired) electrons. The number of methoxy groups -OCH3 is 1. The molecule has 11 heteroatoms. The molecule has 3 aromatic heterocycles. The number of hydrogen-bond donors (Lipinski definition) is 1. The first-order chi connectivity index (χ1) is 18.1. The molecular formula is C26H26N8O2S. The van der Waals surface area contributed by atoms with Crippen molar-refractivity contribution in [2.45, 2.75) is 38.8 Å². The number of rotatable bonds is 9. The van der Waals surface area contributed by atoms with Crippen LogP contribution in [0.15, 0.2) is 42.9 Å². The van der Waals surface area contributed by atoms with Crippen molar-refractivity contribution in [1.82, 2.24) is 24.7 Å². The Labute approximate surface area is 218 Å². The van der Waals surface area contributed by atoms with Crippen LogP contribution in [0.1, 0.15) is 41.3 Å². The fourth-order valence-electron chi connectivity index (χ4n) is 4.46. The smallest absolute Gasteiger partial charge is 0.228 e. The van der Waals surface area contributed by atoms with E-state index in [0.29, 0.717) is 46.2 Å². The largest absolute Gasteiger partial charge is 0.491 e. The zero-order valence-corrected chi connectivity index (χ0v) is 21.4. The van der Waals surface area contributed by atoms with E-state index in [1.807, 2.05) is 6.20 Å². The Morgan fingerprint density at radius 1 is 1.27 bits per heavy atom. The highest BCUT2D eigenvalue weighted by Gasteiger charge is 2.30. The third kappa shape index (κ3) is 5.15. The molecule has 4 aromatic rings. The van der Waals surface area contributed by atoms with Gasteiger partial charge in [0, 0.05) is 31.3 Å². The van der Waals surface area contributed by atoms with Crippen LogP contribution in [-0.2, 0) is 11.3 Å². The van der Waals surface area contributed by atoms with Gasteiger partial charge in [-0.15, -0.1) is 0 Å². The molecule has 1 aliphatic rings. The number of nitriles is 1. The highest BCUT2D eigenvalue weighted by Crippen LogP contribution is 2.41. The van der Waals surface area contributed by atoms with Gasteiger partial charge in [0.25, 0.3) is 0 Å². The second kappa shape index (κ2) is 10.8. The van der Waals surface area contributed by atoms with Crippen LogP contribution in [0.25, 0.3) is 11.3 Å². The van der Waals surface area contributed by atoms with Gasteiger partial charge < -0.3 is 19.7 Å². The van der Waals surface area contributed by atoms with Crippen LogP contribution in [0, 0.1) is 18.3 Å². The Morgan fingerprint density at radius 3 is 2.84 bits per heavy atom. The van der Waals surface area contributed by atoms with Crippen LogP contribution in [0.5, 0.6) is 5.75 Å². The number of nitrogens with one attached hydrogen (secondary N) is 1. The molecule has 1 N–H and O–H groups in total. The van der Waals surface area contributed by atoms with Gasteiger partial charge in [0.05, 0.1) is 25.5 Å². The van der Waals surface area contributed by atoms with Crippen molar-refractivity contribution >= 4 is 34.5 Å². The second-order valence-electron chi connectivity index (χ2n) is 8.73. The van der Waals surface area contributed by atoms with Crippen LogP contribution in [0.2, 0.25) is 0 Å². The summed E-state index contributed by atoms with van der Waals surface area (Å²) in [7, 11) is 1.57. The van der Waals surface area contributed by atoms with Gasteiger partial charge in [-0.05, 0) is 25.3 Å². The Balaban J connectivity index is 1.59. The van der Waals surface area contributed by atoms with Gasteiger partial charge in [-0.2, -0.15) is 15.3 Å². The first-order valence-electron chi connectivity index (χ1n) is 12.0. The van der Waals surface area contributed by atoms with E-state index >= 15 is 0 Å². The lowest BCUT2D eigenvalue weighted by Gasteiger charge is -2.26. The van der Waals surface area contributed by atoms with Crippen molar-refractivity contribution in [1.29, 1.82) is 5.26 Å². The van der Waals surface area contributed by atoms with Crippen molar-refractivity contribution in [3.63, 3.8) is 0 Å². The molecule has 37 heavy (non-hydrogen) atoms. The molecule has 0 unspecified atom stereocenters. The molecule has 1 saturated heterocycles. The third-order valence-electron chi connectivity index (χ3n) is 6.25.